The molecule has 3 nitrogen and oxygen atoms in total. The highest BCUT2D eigenvalue weighted by Crippen LogP contribution is 2.30. The average molecular weight is 263 g/mol. The fraction of sp³-hybridized carbons (Fsp3) is 0.625. The maximum absolute atomic E-state index is 10.7. The van der Waals surface area contributed by atoms with E-state index in [4.69, 9.17) is 4.74 Å². The van der Waals surface area contributed by atoms with Gasteiger partial charge in [-0.05, 0) is 50.4 Å². The van der Waals surface area contributed by atoms with Gasteiger partial charge in [-0.2, -0.15) is 0 Å². The minimum Gasteiger partial charge on any atom is -0.494 e. The first kappa shape index (κ1) is 14.4. The molecule has 0 bridgehead atoms. The molecule has 2 N–H and O–H groups in total. The largest absolute Gasteiger partial charge is 0.494 e. The molecule has 1 heterocycles. The summed E-state index contributed by atoms with van der Waals surface area (Å²) >= 11 is 0. The van der Waals surface area contributed by atoms with Crippen LogP contribution in [0.4, 0.5) is 0 Å². The zero-order chi connectivity index (χ0) is 13.7. The van der Waals surface area contributed by atoms with Crippen molar-refractivity contribution in [3.05, 3.63) is 29.8 Å². The monoisotopic (exact) mass is 263 g/mol. The van der Waals surface area contributed by atoms with E-state index in [0.29, 0.717) is 0 Å². The molecule has 0 saturated carbocycles. The first-order chi connectivity index (χ1) is 9.14. The molecule has 0 aromatic heterocycles. The van der Waals surface area contributed by atoms with Crippen LogP contribution in [0.5, 0.6) is 5.75 Å². The summed E-state index contributed by atoms with van der Waals surface area (Å²) in [4.78, 5) is 0. The molecule has 0 spiro atoms. The average Bonchev–Trinajstić information content (AvgIpc) is 2.94. The van der Waals surface area contributed by atoms with Crippen molar-refractivity contribution in [2.45, 2.75) is 51.2 Å². The molecule has 1 aliphatic rings. The predicted molar refractivity (Wildman–Crippen MR) is 77.4 cm³/mol. The van der Waals surface area contributed by atoms with Crippen LogP contribution in [0.25, 0.3) is 0 Å². The third-order valence-corrected chi connectivity index (χ3v) is 3.94. The fourth-order valence-corrected chi connectivity index (χ4v) is 2.59. The highest BCUT2D eigenvalue weighted by atomic mass is 16.5. The highest BCUT2D eigenvalue weighted by Gasteiger charge is 2.35. The van der Waals surface area contributed by atoms with E-state index in [2.05, 4.69) is 12.2 Å². The molecule has 3 heteroatoms. The van der Waals surface area contributed by atoms with Crippen molar-refractivity contribution >= 4 is 0 Å². The first-order valence-electron chi connectivity index (χ1n) is 7.33. The van der Waals surface area contributed by atoms with Gasteiger partial charge in [0, 0.05) is 6.04 Å². The van der Waals surface area contributed by atoms with Gasteiger partial charge in [-0.1, -0.05) is 25.5 Å². The Hall–Kier alpha value is -1.06. The third-order valence-electron chi connectivity index (χ3n) is 3.94. The van der Waals surface area contributed by atoms with Gasteiger partial charge in [0.15, 0.2) is 0 Å². The molecular weight excluding hydrogens is 238 g/mol. The van der Waals surface area contributed by atoms with E-state index < -0.39 is 5.60 Å². The molecule has 2 unspecified atom stereocenters. The second-order valence-electron chi connectivity index (χ2n) is 5.52. The summed E-state index contributed by atoms with van der Waals surface area (Å²) in [6.07, 6.45) is 4.38. The molecule has 0 radical (unpaired) electrons. The maximum Gasteiger partial charge on any atom is 0.119 e. The van der Waals surface area contributed by atoms with Crippen LogP contribution in [-0.4, -0.2) is 24.3 Å². The van der Waals surface area contributed by atoms with Crippen molar-refractivity contribution in [2.75, 3.05) is 13.2 Å². The second-order valence-corrected chi connectivity index (χ2v) is 5.52. The summed E-state index contributed by atoms with van der Waals surface area (Å²) < 4.78 is 5.64. The summed E-state index contributed by atoms with van der Waals surface area (Å²) in [5.41, 5.74) is 0.146. The topological polar surface area (TPSA) is 41.5 Å². The summed E-state index contributed by atoms with van der Waals surface area (Å²) in [6, 6.07) is 8.00. The van der Waals surface area contributed by atoms with Crippen molar-refractivity contribution in [3.8, 4) is 5.75 Å². The molecule has 1 aliphatic heterocycles. The van der Waals surface area contributed by atoms with E-state index >= 15 is 0 Å². The Balaban J connectivity index is 2.00. The molecular formula is C16H25NO2. The summed E-state index contributed by atoms with van der Waals surface area (Å²) in [6.45, 7) is 5.80. The van der Waals surface area contributed by atoms with Gasteiger partial charge in [0.05, 0.1) is 6.61 Å². The third kappa shape index (κ3) is 3.48. The van der Waals surface area contributed by atoms with E-state index in [-0.39, 0.29) is 6.04 Å². The molecule has 0 amide bonds. The van der Waals surface area contributed by atoms with Crippen molar-refractivity contribution in [1.29, 1.82) is 0 Å². The van der Waals surface area contributed by atoms with E-state index in [1.165, 1.54) is 0 Å². The molecule has 1 saturated heterocycles. The Labute approximate surface area is 116 Å². The number of aliphatic hydroxyl groups is 1. The van der Waals surface area contributed by atoms with Gasteiger partial charge in [0.25, 0.3) is 0 Å². The van der Waals surface area contributed by atoms with Gasteiger partial charge in [0.2, 0.25) is 0 Å². The van der Waals surface area contributed by atoms with Crippen LogP contribution >= 0.6 is 0 Å². The molecule has 2 atom stereocenters. The molecule has 106 valence electrons. The van der Waals surface area contributed by atoms with Crippen LogP contribution in [-0.2, 0) is 5.60 Å². The maximum atomic E-state index is 10.7. The lowest BCUT2D eigenvalue weighted by atomic mass is 9.87. The number of hydrogen-bond acceptors (Lipinski definition) is 3. The van der Waals surface area contributed by atoms with E-state index in [1.807, 2.05) is 31.2 Å². The lowest BCUT2D eigenvalue weighted by molar-refractivity contribution is 0.0218. The molecule has 1 fully saturated rings. The van der Waals surface area contributed by atoms with E-state index in [1.54, 1.807) is 0 Å². The molecule has 2 rings (SSSR count). The lowest BCUT2D eigenvalue weighted by Crippen LogP contribution is -2.42. The highest BCUT2D eigenvalue weighted by molar-refractivity contribution is 5.31. The van der Waals surface area contributed by atoms with Gasteiger partial charge in [0.1, 0.15) is 11.4 Å². The Kier molecular flexibility index (Phi) is 4.83. The van der Waals surface area contributed by atoms with Gasteiger partial charge < -0.3 is 15.2 Å². The first-order valence-corrected chi connectivity index (χ1v) is 7.33. The molecule has 1 aromatic rings. The van der Waals surface area contributed by atoms with Crippen LogP contribution in [0, 0.1) is 0 Å². The summed E-state index contributed by atoms with van der Waals surface area (Å²) in [5.74, 6) is 0.882. The number of ether oxygens (including phenoxy) is 1. The van der Waals surface area contributed by atoms with Crippen LogP contribution in [0.2, 0.25) is 0 Å². The molecule has 19 heavy (non-hydrogen) atoms. The minimum absolute atomic E-state index is 0.152. The van der Waals surface area contributed by atoms with Gasteiger partial charge in [-0.3, -0.25) is 0 Å². The predicted octanol–water partition coefficient (Wildman–Crippen LogP) is 2.83. The van der Waals surface area contributed by atoms with Crippen LogP contribution in [0.3, 0.4) is 0 Å². The van der Waals surface area contributed by atoms with Crippen molar-refractivity contribution < 1.29 is 9.84 Å². The summed E-state index contributed by atoms with van der Waals surface area (Å²) in [5, 5.41) is 14.1. The SMILES string of the molecule is CCCCOc1ccc(C(C)(O)C2CCCN2)cc1. The Bertz CT molecular complexity index is 380. The quantitative estimate of drug-likeness (QED) is 0.775. The van der Waals surface area contributed by atoms with Crippen molar-refractivity contribution in [1.82, 2.24) is 5.32 Å². The Morgan fingerprint density at radius 2 is 2.11 bits per heavy atom. The second kappa shape index (κ2) is 6.40. The van der Waals surface area contributed by atoms with Crippen LogP contribution in [0.15, 0.2) is 24.3 Å². The van der Waals surface area contributed by atoms with Crippen LogP contribution in [0.1, 0.15) is 45.1 Å². The zero-order valence-electron chi connectivity index (χ0n) is 12.0. The minimum atomic E-state index is -0.807. The van der Waals surface area contributed by atoms with E-state index in [9.17, 15) is 5.11 Å². The normalized spacial score (nSPS) is 22.2. The number of benzene rings is 1. The van der Waals surface area contributed by atoms with Crippen molar-refractivity contribution in [2.24, 2.45) is 0 Å². The lowest BCUT2D eigenvalue weighted by Gasteiger charge is -2.30. The van der Waals surface area contributed by atoms with Gasteiger partial charge in [-0.25, -0.2) is 0 Å². The van der Waals surface area contributed by atoms with Gasteiger partial charge in [-0.15, -0.1) is 0 Å². The van der Waals surface area contributed by atoms with Crippen LogP contribution < -0.4 is 10.1 Å². The molecule has 0 aliphatic carbocycles. The Morgan fingerprint density at radius 3 is 2.68 bits per heavy atom. The smallest absolute Gasteiger partial charge is 0.119 e. The molecule has 1 aromatic carbocycles. The summed E-state index contributed by atoms with van der Waals surface area (Å²) in [7, 11) is 0. The fourth-order valence-electron chi connectivity index (χ4n) is 2.59. The van der Waals surface area contributed by atoms with Gasteiger partial charge >= 0.3 is 0 Å². The Morgan fingerprint density at radius 1 is 1.37 bits per heavy atom. The number of rotatable bonds is 6. The number of nitrogens with one attached hydrogen (secondary N) is 1. The number of hydrogen-bond donors (Lipinski definition) is 2. The standard InChI is InChI=1S/C16H25NO2/c1-3-4-12-19-14-9-7-13(8-10-14)16(2,18)15-6-5-11-17-15/h7-10,15,17-18H,3-6,11-12H2,1-2H3. The zero-order valence-corrected chi connectivity index (χ0v) is 12.0. The van der Waals surface area contributed by atoms with Crippen molar-refractivity contribution in [3.63, 3.8) is 0 Å². The number of unbranched alkanes of at least 4 members (excludes halogenated alkanes) is 1. The van der Waals surface area contributed by atoms with E-state index in [0.717, 1.165) is 50.1 Å².